The summed E-state index contributed by atoms with van der Waals surface area (Å²) < 4.78 is 5.09. The highest BCUT2D eigenvalue weighted by Crippen LogP contribution is 2.23. The molecule has 0 saturated carbocycles. The third-order valence-electron chi connectivity index (χ3n) is 3.17. The molecular formula is C16H22N2O2. The minimum atomic E-state index is -0.265. The fourth-order valence-corrected chi connectivity index (χ4v) is 2.02. The van der Waals surface area contributed by atoms with Crippen molar-refractivity contribution in [1.82, 2.24) is 4.90 Å². The number of nitrogens with zero attached hydrogens (tertiary/aromatic N) is 1. The largest absolute Gasteiger partial charge is 0.495 e. The molecule has 0 aliphatic heterocycles. The number of carbonyl (C=O) groups is 1. The Balaban J connectivity index is 2.94. The van der Waals surface area contributed by atoms with Crippen LogP contribution in [0.25, 0.3) is 0 Å². The van der Waals surface area contributed by atoms with E-state index in [0.717, 1.165) is 0 Å². The van der Waals surface area contributed by atoms with Crippen molar-refractivity contribution in [2.24, 2.45) is 0 Å². The minimum Gasteiger partial charge on any atom is -0.495 e. The van der Waals surface area contributed by atoms with Gasteiger partial charge in [-0.1, -0.05) is 12.2 Å². The number of carbonyl (C=O) groups excluding carboxylic acids is 1. The van der Waals surface area contributed by atoms with Crippen LogP contribution in [-0.2, 0) is 0 Å². The fraction of sp³-hybridized carbons (Fsp3) is 0.312. The van der Waals surface area contributed by atoms with Crippen molar-refractivity contribution in [2.45, 2.75) is 13.0 Å². The molecule has 0 saturated heterocycles. The van der Waals surface area contributed by atoms with Gasteiger partial charge in [-0.05, 0) is 25.1 Å². The SMILES string of the molecule is C=CCN(CC=C)C(C)C(=O)c1ccc(OC)c(N)c1. The quantitative estimate of drug-likeness (QED) is 0.449. The van der Waals surface area contributed by atoms with Crippen molar-refractivity contribution in [3.8, 4) is 5.75 Å². The Morgan fingerprint density at radius 1 is 1.40 bits per heavy atom. The maximum atomic E-state index is 12.5. The summed E-state index contributed by atoms with van der Waals surface area (Å²) in [5.41, 5.74) is 6.88. The van der Waals surface area contributed by atoms with Crippen LogP contribution < -0.4 is 10.5 Å². The molecular weight excluding hydrogens is 252 g/mol. The van der Waals surface area contributed by atoms with Crippen LogP contribution in [0.4, 0.5) is 5.69 Å². The Kier molecular flexibility index (Phi) is 6.00. The molecule has 0 bridgehead atoms. The molecule has 0 aliphatic carbocycles. The lowest BCUT2D eigenvalue weighted by Crippen LogP contribution is -2.39. The van der Waals surface area contributed by atoms with Crippen LogP contribution in [0, 0.1) is 0 Å². The van der Waals surface area contributed by atoms with E-state index in [9.17, 15) is 4.79 Å². The van der Waals surface area contributed by atoms with Crippen LogP contribution in [0.1, 0.15) is 17.3 Å². The highest BCUT2D eigenvalue weighted by Gasteiger charge is 2.21. The summed E-state index contributed by atoms with van der Waals surface area (Å²) in [6, 6.07) is 4.82. The van der Waals surface area contributed by atoms with Gasteiger partial charge in [0.15, 0.2) is 5.78 Å². The second kappa shape index (κ2) is 7.50. The van der Waals surface area contributed by atoms with Crippen molar-refractivity contribution in [3.63, 3.8) is 0 Å². The van der Waals surface area contributed by atoms with Gasteiger partial charge in [0, 0.05) is 18.7 Å². The second-order valence-electron chi connectivity index (χ2n) is 4.53. The molecule has 0 radical (unpaired) electrons. The minimum absolute atomic E-state index is 0.0167. The third kappa shape index (κ3) is 3.71. The maximum absolute atomic E-state index is 12.5. The van der Waals surface area contributed by atoms with Crippen molar-refractivity contribution in [3.05, 3.63) is 49.1 Å². The van der Waals surface area contributed by atoms with Gasteiger partial charge in [0.05, 0.1) is 18.8 Å². The standard InChI is InChI=1S/C16H22N2O2/c1-5-9-18(10-6-2)12(3)16(19)13-7-8-15(20-4)14(17)11-13/h5-8,11-12H,1-2,9-10,17H2,3-4H3. The highest BCUT2D eigenvalue weighted by molar-refractivity contribution is 6.00. The predicted octanol–water partition coefficient (Wildman–Crippen LogP) is 2.52. The normalized spacial score (nSPS) is 11.9. The number of Topliss-reactive ketones (excluding diaryl/α,β-unsaturated/α-hetero) is 1. The summed E-state index contributed by atoms with van der Waals surface area (Å²) in [5.74, 6) is 0.589. The highest BCUT2D eigenvalue weighted by atomic mass is 16.5. The van der Waals surface area contributed by atoms with Crippen molar-refractivity contribution < 1.29 is 9.53 Å². The predicted molar refractivity (Wildman–Crippen MR) is 83.2 cm³/mol. The zero-order chi connectivity index (χ0) is 15.1. The molecule has 108 valence electrons. The molecule has 1 atom stereocenters. The van der Waals surface area contributed by atoms with Crippen molar-refractivity contribution in [2.75, 3.05) is 25.9 Å². The molecule has 1 aromatic carbocycles. The van der Waals surface area contributed by atoms with Gasteiger partial charge in [-0.3, -0.25) is 9.69 Å². The summed E-state index contributed by atoms with van der Waals surface area (Å²) in [6.07, 6.45) is 3.55. The summed E-state index contributed by atoms with van der Waals surface area (Å²) in [4.78, 5) is 14.5. The second-order valence-corrected chi connectivity index (χ2v) is 4.53. The third-order valence-corrected chi connectivity index (χ3v) is 3.17. The van der Waals surface area contributed by atoms with Crippen molar-refractivity contribution >= 4 is 11.5 Å². The van der Waals surface area contributed by atoms with Crippen LogP contribution in [-0.4, -0.2) is 36.9 Å². The molecule has 0 fully saturated rings. The van der Waals surface area contributed by atoms with Crippen molar-refractivity contribution in [1.29, 1.82) is 0 Å². The zero-order valence-electron chi connectivity index (χ0n) is 12.1. The van der Waals surface area contributed by atoms with Gasteiger partial charge in [0.1, 0.15) is 5.75 Å². The lowest BCUT2D eigenvalue weighted by molar-refractivity contribution is 0.0865. The van der Waals surface area contributed by atoms with E-state index < -0.39 is 0 Å². The molecule has 1 rings (SSSR count). The fourth-order valence-electron chi connectivity index (χ4n) is 2.02. The number of ether oxygens (including phenoxy) is 1. The Bertz CT molecular complexity index is 487. The van der Waals surface area contributed by atoms with E-state index in [4.69, 9.17) is 10.5 Å². The lowest BCUT2D eigenvalue weighted by atomic mass is 10.0. The first-order valence-corrected chi connectivity index (χ1v) is 6.48. The number of nitrogen functional groups attached to an aromatic ring is 1. The molecule has 20 heavy (non-hydrogen) atoms. The van der Waals surface area contributed by atoms with E-state index >= 15 is 0 Å². The molecule has 4 heteroatoms. The number of ketones is 1. The summed E-state index contributed by atoms with van der Waals surface area (Å²) >= 11 is 0. The summed E-state index contributed by atoms with van der Waals surface area (Å²) in [7, 11) is 1.55. The van der Waals surface area contributed by atoms with Crippen LogP contribution in [0.15, 0.2) is 43.5 Å². The average Bonchev–Trinajstić information content (AvgIpc) is 2.45. The Morgan fingerprint density at radius 2 is 2.00 bits per heavy atom. The van der Waals surface area contributed by atoms with Gasteiger partial charge in [-0.2, -0.15) is 0 Å². The Labute approximate surface area is 120 Å². The van der Waals surface area contributed by atoms with E-state index in [2.05, 4.69) is 13.2 Å². The molecule has 2 N–H and O–H groups in total. The monoisotopic (exact) mass is 274 g/mol. The van der Waals surface area contributed by atoms with Crippen LogP contribution in [0.5, 0.6) is 5.75 Å². The van der Waals surface area contributed by atoms with Gasteiger partial charge >= 0.3 is 0 Å². The molecule has 0 aromatic heterocycles. The van der Waals surface area contributed by atoms with E-state index in [1.54, 1.807) is 37.5 Å². The van der Waals surface area contributed by atoms with Gasteiger partial charge < -0.3 is 10.5 Å². The van der Waals surface area contributed by atoms with E-state index in [1.807, 2.05) is 11.8 Å². The average molecular weight is 274 g/mol. The Morgan fingerprint density at radius 3 is 2.45 bits per heavy atom. The Hall–Kier alpha value is -2.07. The van der Waals surface area contributed by atoms with Gasteiger partial charge in [0.2, 0.25) is 0 Å². The van der Waals surface area contributed by atoms with Gasteiger partial charge in [-0.25, -0.2) is 0 Å². The molecule has 0 aliphatic rings. The number of hydrogen-bond acceptors (Lipinski definition) is 4. The zero-order valence-corrected chi connectivity index (χ0v) is 12.1. The lowest BCUT2D eigenvalue weighted by Gasteiger charge is -2.25. The van der Waals surface area contributed by atoms with Crippen LogP contribution >= 0.6 is 0 Å². The van der Waals surface area contributed by atoms with Crippen LogP contribution in [0.3, 0.4) is 0 Å². The molecule has 1 unspecified atom stereocenters. The molecule has 0 amide bonds. The maximum Gasteiger partial charge on any atom is 0.179 e. The summed E-state index contributed by atoms with van der Waals surface area (Å²) in [6.45, 7) is 10.6. The number of hydrogen-bond donors (Lipinski definition) is 1. The van der Waals surface area contributed by atoms with E-state index in [-0.39, 0.29) is 11.8 Å². The smallest absolute Gasteiger partial charge is 0.179 e. The number of anilines is 1. The first-order valence-electron chi connectivity index (χ1n) is 6.48. The first-order chi connectivity index (χ1) is 9.54. The molecule has 0 heterocycles. The van der Waals surface area contributed by atoms with E-state index in [0.29, 0.717) is 30.1 Å². The molecule has 4 nitrogen and oxygen atoms in total. The summed E-state index contributed by atoms with van der Waals surface area (Å²) in [5, 5.41) is 0. The van der Waals surface area contributed by atoms with Crippen LogP contribution in [0.2, 0.25) is 0 Å². The topological polar surface area (TPSA) is 55.6 Å². The van der Waals surface area contributed by atoms with Gasteiger partial charge in [-0.15, -0.1) is 13.2 Å². The van der Waals surface area contributed by atoms with E-state index in [1.165, 1.54) is 0 Å². The number of nitrogens with two attached hydrogens (primary N) is 1. The first kappa shape index (κ1) is 16.0. The van der Waals surface area contributed by atoms with Gasteiger partial charge in [0.25, 0.3) is 0 Å². The number of rotatable bonds is 8. The molecule has 1 aromatic rings. The number of methoxy groups -OCH3 is 1. The number of benzene rings is 1. The molecule has 0 spiro atoms.